The second kappa shape index (κ2) is 5.98. The zero-order chi connectivity index (χ0) is 16.3. The molecule has 0 spiro atoms. The van der Waals surface area contributed by atoms with E-state index in [1.807, 2.05) is 6.07 Å². The Bertz CT molecular complexity index is 737. The van der Waals surface area contributed by atoms with E-state index in [1.54, 1.807) is 45.0 Å². The molecule has 0 atom stereocenters. The number of nitriles is 1. The highest BCUT2D eigenvalue weighted by Crippen LogP contribution is 2.25. The Labute approximate surface area is 129 Å². The molecular weight excluding hydrogens is 281 g/mol. The number of halogens is 1. The zero-order valence-electron chi connectivity index (χ0n) is 12.7. The van der Waals surface area contributed by atoms with Crippen LogP contribution >= 0.6 is 0 Å². The molecule has 4 heteroatoms. The Kier molecular flexibility index (Phi) is 4.27. The van der Waals surface area contributed by atoms with Crippen LogP contribution in [0, 0.1) is 17.1 Å². The van der Waals surface area contributed by atoms with Crippen molar-refractivity contribution >= 4 is 5.97 Å². The molecule has 0 aliphatic heterocycles. The van der Waals surface area contributed by atoms with Gasteiger partial charge in [-0.15, -0.1) is 0 Å². The average molecular weight is 297 g/mol. The standard InChI is InChI=1S/C18H16FNO2/c1-18(2,3)22-17(21)13-6-4-12(5-7-13)16-10-15(19)9-8-14(16)11-20/h4-10H,1-3H3. The molecule has 22 heavy (non-hydrogen) atoms. The summed E-state index contributed by atoms with van der Waals surface area (Å²) < 4.78 is 18.7. The summed E-state index contributed by atoms with van der Waals surface area (Å²) in [5.74, 6) is -0.830. The number of hydrogen-bond donors (Lipinski definition) is 0. The maximum atomic E-state index is 13.4. The van der Waals surface area contributed by atoms with Gasteiger partial charge in [-0.2, -0.15) is 5.26 Å². The zero-order valence-corrected chi connectivity index (χ0v) is 12.7. The fourth-order valence-corrected chi connectivity index (χ4v) is 1.98. The van der Waals surface area contributed by atoms with E-state index >= 15 is 0 Å². The first-order valence-corrected chi connectivity index (χ1v) is 6.83. The molecule has 2 aromatic rings. The van der Waals surface area contributed by atoms with Gasteiger partial charge in [-0.1, -0.05) is 12.1 Å². The van der Waals surface area contributed by atoms with E-state index in [-0.39, 0.29) is 0 Å². The maximum absolute atomic E-state index is 13.4. The SMILES string of the molecule is CC(C)(C)OC(=O)c1ccc(-c2cc(F)ccc2C#N)cc1. The third-order valence-electron chi connectivity index (χ3n) is 2.93. The van der Waals surface area contributed by atoms with E-state index < -0.39 is 17.4 Å². The lowest BCUT2D eigenvalue weighted by atomic mass is 9.99. The summed E-state index contributed by atoms with van der Waals surface area (Å²) >= 11 is 0. The highest BCUT2D eigenvalue weighted by molar-refractivity contribution is 5.90. The topological polar surface area (TPSA) is 50.1 Å². The van der Waals surface area contributed by atoms with Crippen LogP contribution in [0.2, 0.25) is 0 Å². The van der Waals surface area contributed by atoms with E-state index in [9.17, 15) is 9.18 Å². The van der Waals surface area contributed by atoms with Gasteiger partial charge in [0.2, 0.25) is 0 Å². The fraction of sp³-hybridized carbons (Fsp3) is 0.222. The Morgan fingerprint density at radius 3 is 2.32 bits per heavy atom. The van der Waals surface area contributed by atoms with Crippen molar-refractivity contribution in [3.8, 4) is 17.2 Å². The molecule has 0 saturated carbocycles. The first-order chi connectivity index (χ1) is 10.3. The highest BCUT2D eigenvalue weighted by atomic mass is 19.1. The number of carbonyl (C=O) groups is 1. The van der Waals surface area contributed by atoms with Gasteiger partial charge in [0.05, 0.1) is 17.2 Å². The van der Waals surface area contributed by atoms with Crippen LogP contribution in [0.25, 0.3) is 11.1 Å². The van der Waals surface area contributed by atoms with Crippen molar-refractivity contribution in [1.29, 1.82) is 5.26 Å². The monoisotopic (exact) mass is 297 g/mol. The lowest BCUT2D eigenvalue weighted by Crippen LogP contribution is -2.23. The molecule has 3 nitrogen and oxygen atoms in total. The van der Waals surface area contributed by atoms with E-state index in [4.69, 9.17) is 10.00 Å². The van der Waals surface area contributed by atoms with Crippen molar-refractivity contribution in [2.24, 2.45) is 0 Å². The Balaban J connectivity index is 2.32. The molecular formula is C18H16FNO2. The smallest absolute Gasteiger partial charge is 0.338 e. The number of esters is 1. The molecule has 0 fully saturated rings. The van der Waals surface area contributed by atoms with Gasteiger partial charge < -0.3 is 4.74 Å². The number of carbonyl (C=O) groups excluding carboxylic acids is 1. The third-order valence-corrected chi connectivity index (χ3v) is 2.93. The highest BCUT2D eigenvalue weighted by Gasteiger charge is 2.18. The van der Waals surface area contributed by atoms with Crippen molar-refractivity contribution in [2.45, 2.75) is 26.4 Å². The van der Waals surface area contributed by atoms with Crippen LogP contribution in [0.3, 0.4) is 0 Å². The minimum absolute atomic E-state index is 0.381. The van der Waals surface area contributed by atoms with Crippen LogP contribution in [0.5, 0.6) is 0 Å². The number of benzene rings is 2. The lowest BCUT2D eigenvalue weighted by Gasteiger charge is -2.19. The number of nitrogens with zero attached hydrogens (tertiary/aromatic N) is 1. The van der Waals surface area contributed by atoms with Crippen LogP contribution in [-0.4, -0.2) is 11.6 Å². The second-order valence-corrected chi connectivity index (χ2v) is 5.88. The van der Waals surface area contributed by atoms with Crippen LogP contribution in [-0.2, 0) is 4.74 Å². The molecule has 112 valence electrons. The summed E-state index contributed by atoms with van der Waals surface area (Å²) in [6, 6.07) is 12.6. The molecule has 0 unspecified atom stereocenters. The summed E-state index contributed by atoms with van der Waals surface area (Å²) in [7, 11) is 0. The molecule has 2 aromatic carbocycles. The summed E-state index contributed by atoms with van der Waals surface area (Å²) in [6.45, 7) is 5.39. The molecule has 2 rings (SSSR count). The van der Waals surface area contributed by atoms with Gasteiger partial charge >= 0.3 is 5.97 Å². The Morgan fingerprint density at radius 2 is 1.77 bits per heavy atom. The Hall–Kier alpha value is -2.67. The number of ether oxygens (including phenoxy) is 1. The maximum Gasteiger partial charge on any atom is 0.338 e. The van der Waals surface area contributed by atoms with Gasteiger partial charge in [-0.05, 0) is 56.7 Å². The summed E-state index contributed by atoms with van der Waals surface area (Å²) in [5, 5.41) is 9.09. The summed E-state index contributed by atoms with van der Waals surface area (Å²) in [6.07, 6.45) is 0. The van der Waals surface area contributed by atoms with Crippen molar-refractivity contribution in [3.63, 3.8) is 0 Å². The van der Waals surface area contributed by atoms with Gasteiger partial charge in [0.25, 0.3) is 0 Å². The fourth-order valence-electron chi connectivity index (χ4n) is 1.98. The molecule has 0 saturated heterocycles. The van der Waals surface area contributed by atoms with Gasteiger partial charge in [-0.3, -0.25) is 0 Å². The van der Waals surface area contributed by atoms with E-state index in [0.29, 0.717) is 22.3 Å². The minimum atomic E-state index is -0.563. The quantitative estimate of drug-likeness (QED) is 0.776. The largest absolute Gasteiger partial charge is 0.456 e. The predicted octanol–water partition coefficient (Wildman–Crippen LogP) is 4.32. The van der Waals surface area contributed by atoms with Crippen molar-refractivity contribution in [1.82, 2.24) is 0 Å². The molecule has 0 amide bonds. The first kappa shape index (κ1) is 15.7. The van der Waals surface area contributed by atoms with Gasteiger partial charge in [0.15, 0.2) is 0 Å². The first-order valence-electron chi connectivity index (χ1n) is 6.83. The minimum Gasteiger partial charge on any atom is -0.456 e. The molecule has 0 bridgehead atoms. The normalized spacial score (nSPS) is 10.9. The predicted molar refractivity (Wildman–Crippen MR) is 81.7 cm³/mol. The molecule has 0 radical (unpaired) electrons. The van der Waals surface area contributed by atoms with Crippen LogP contribution < -0.4 is 0 Å². The van der Waals surface area contributed by atoms with Gasteiger partial charge in [0, 0.05) is 5.56 Å². The molecule has 0 aliphatic carbocycles. The van der Waals surface area contributed by atoms with E-state index in [2.05, 4.69) is 0 Å². The van der Waals surface area contributed by atoms with Gasteiger partial charge in [0.1, 0.15) is 11.4 Å². The number of hydrogen-bond acceptors (Lipinski definition) is 3. The second-order valence-electron chi connectivity index (χ2n) is 5.88. The third kappa shape index (κ3) is 3.70. The molecule has 0 aliphatic rings. The summed E-state index contributed by atoms with van der Waals surface area (Å²) in [5.41, 5.74) is 1.40. The van der Waals surface area contributed by atoms with Crippen molar-refractivity contribution < 1.29 is 13.9 Å². The van der Waals surface area contributed by atoms with Gasteiger partial charge in [-0.25, -0.2) is 9.18 Å². The lowest BCUT2D eigenvalue weighted by molar-refractivity contribution is 0.00696. The molecule has 0 N–H and O–H groups in total. The van der Waals surface area contributed by atoms with Crippen LogP contribution in [0.1, 0.15) is 36.7 Å². The van der Waals surface area contributed by atoms with E-state index in [1.165, 1.54) is 18.2 Å². The Morgan fingerprint density at radius 1 is 1.14 bits per heavy atom. The summed E-state index contributed by atoms with van der Waals surface area (Å²) in [4.78, 5) is 12.0. The molecule has 0 aromatic heterocycles. The number of rotatable bonds is 2. The van der Waals surface area contributed by atoms with Crippen LogP contribution in [0.4, 0.5) is 4.39 Å². The van der Waals surface area contributed by atoms with Crippen molar-refractivity contribution in [2.75, 3.05) is 0 Å². The molecule has 0 heterocycles. The van der Waals surface area contributed by atoms with Crippen LogP contribution in [0.15, 0.2) is 42.5 Å². The van der Waals surface area contributed by atoms with E-state index in [0.717, 1.165) is 0 Å². The van der Waals surface area contributed by atoms with Crippen molar-refractivity contribution in [3.05, 3.63) is 59.4 Å². The average Bonchev–Trinajstić information content (AvgIpc) is 2.45.